The summed E-state index contributed by atoms with van der Waals surface area (Å²) in [6.07, 6.45) is 0.552. The van der Waals surface area contributed by atoms with E-state index in [1.807, 2.05) is 13.8 Å². The molecule has 1 aromatic carbocycles. The summed E-state index contributed by atoms with van der Waals surface area (Å²) < 4.78 is 36.5. The van der Waals surface area contributed by atoms with Crippen LogP contribution < -0.4 is 10.5 Å². The second-order valence-electron chi connectivity index (χ2n) is 5.88. The van der Waals surface area contributed by atoms with Gasteiger partial charge in [-0.3, -0.25) is 0 Å². The van der Waals surface area contributed by atoms with Gasteiger partial charge < -0.3 is 15.2 Å². The second kappa shape index (κ2) is 8.46. The molecule has 0 aliphatic rings. The molecule has 0 fully saturated rings. The summed E-state index contributed by atoms with van der Waals surface area (Å²) in [5, 5.41) is 0. The molecule has 0 saturated heterocycles. The number of ether oxygens (including phenoxy) is 2. The first-order chi connectivity index (χ1) is 11.1. The molecule has 136 valence electrons. The molecule has 2 N–H and O–H groups in total. The minimum Gasteiger partial charge on any atom is -0.495 e. The number of hydrogen-bond donors (Lipinski definition) is 1. The van der Waals surface area contributed by atoms with Crippen LogP contribution in [0.1, 0.15) is 30.6 Å². The average molecular weight is 358 g/mol. The highest BCUT2D eigenvalue weighted by Crippen LogP contribution is 2.28. The zero-order valence-corrected chi connectivity index (χ0v) is 15.6. The third-order valence-corrected chi connectivity index (χ3v) is 5.80. The fourth-order valence-corrected chi connectivity index (χ4v) is 3.40. The standard InChI is InChI=1S/C16H26N2O5S/c1-11(2)13(17)8-9-18(3)24(20,21)15-7-6-12(16(19)23-5)10-14(15)22-4/h6-7,10-11,13H,8-9,17H2,1-5H3. The van der Waals surface area contributed by atoms with Gasteiger partial charge in [0.1, 0.15) is 10.6 Å². The van der Waals surface area contributed by atoms with Crippen LogP contribution in [0.15, 0.2) is 23.1 Å². The SMILES string of the molecule is COC(=O)c1ccc(S(=O)(=O)N(C)CCC(N)C(C)C)c(OC)c1. The Labute approximate surface area is 143 Å². The highest BCUT2D eigenvalue weighted by Gasteiger charge is 2.26. The lowest BCUT2D eigenvalue weighted by atomic mass is 10.0. The lowest BCUT2D eigenvalue weighted by Gasteiger charge is -2.22. The minimum absolute atomic E-state index is 0.00160. The second-order valence-corrected chi connectivity index (χ2v) is 7.89. The van der Waals surface area contributed by atoms with E-state index in [2.05, 4.69) is 4.74 Å². The predicted octanol–water partition coefficient (Wildman–Crippen LogP) is 1.48. The van der Waals surface area contributed by atoms with Crippen molar-refractivity contribution in [2.45, 2.75) is 31.2 Å². The van der Waals surface area contributed by atoms with Crippen molar-refractivity contribution in [2.24, 2.45) is 11.7 Å². The molecule has 24 heavy (non-hydrogen) atoms. The van der Waals surface area contributed by atoms with Crippen LogP contribution in [0.2, 0.25) is 0 Å². The van der Waals surface area contributed by atoms with Crippen molar-refractivity contribution in [2.75, 3.05) is 27.8 Å². The molecule has 1 rings (SSSR count). The largest absolute Gasteiger partial charge is 0.495 e. The van der Waals surface area contributed by atoms with Crippen LogP contribution >= 0.6 is 0 Å². The van der Waals surface area contributed by atoms with E-state index in [9.17, 15) is 13.2 Å². The molecule has 0 heterocycles. The fourth-order valence-electron chi connectivity index (χ4n) is 2.08. The quantitative estimate of drug-likeness (QED) is 0.707. The van der Waals surface area contributed by atoms with E-state index in [1.165, 1.54) is 43.8 Å². The van der Waals surface area contributed by atoms with Gasteiger partial charge in [-0.25, -0.2) is 17.5 Å². The zero-order valence-electron chi connectivity index (χ0n) is 14.8. The van der Waals surface area contributed by atoms with Gasteiger partial charge in [0.05, 0.1) is 19.8 Å². The Hall–Kier alpha value is -1.64. The molecule has 0 aliphatic carbocycles. The van der Waals surface area contributed by atoms with E-state index in [-0.39, 0.29) is 28.2 Å². The first kappa shape index (κ1) is 20.4. The Bertz CT molecular complexity index is 673. The molecule has 1 atom stereocenters. The molecule has 0 radical (unpaired) electrons. The Kier molecular flexibility index (Phi) is 7.19. The monoisotopic (exact) mass is 358 g/mol. The number of methoxy groups -OCH3 is 2. The lowest BCUT2D eigenvalue weighted by molar-refractivity contribution is 0.0600. The number of sulfonamides is 1. The summed E-state index contributed by atoms with van der Waals surface area (Å²) in [6.45, 7) is 4.28. The Morgan fingerprint density at radius 2 is 1.92 bits per heavy atom. The molecule has 0 saturated carbocycles. The van der Waals surface area contributed by atoms with Gasteiger partial charge in [-0.1, -0.05) is 13.8 Å². The van der Waals surface area contributed by atoms with Gasteiger partial charge in [-0.2, -0.15) is 0 Å². The normalized spacial score (nSPS) is 13.2. The maximum Gasteiger partial charge on any atom is 0.337 e. The van der Waals surface area contributed by atoms with Crippen LogP contribution in [0, 0.1) is 5.92 Å². The molecule has 0 amide bonds. The summed E-state index contributed by atoms with van der Waals surface area (Å²) in [7, 11) is 0.351. The molecule has 0 aliphatic heterocycles. The van der Waals surface area contributed by atoms with E-state index < -0.39 is 16.0 Å². The van der Waals surface area contributed by atoms with E-state index >= 15 is 0 Å². The van der Waals surface area contributed by atoms with Gasteiger partial charge in [-0.05, 0) is 30.5 Å². The summed E-state index contributed by atoms with van der Waals surface area (Å²) in [4.78, 5) is 11.6. The number of nitrogens with zero attached hydrogens (tertiary/aromatic N) is 1. The van der Waals surface area contributed by atoms with Crippen molar-refractivity contribution in [1.29, 1.82) is 0 Å². The van der Waals surface area contributed by atoms with Crippen molar-refractivity contribution in [1.82, 2.24) is 4.31 Å². The highest BCUT2D eigenvalue weighted by atomic mass is 32.2. The first-order valence-corrected chi connectivity index (χ1v) is 9.07. The molecule has 0 spiro atoms. The third kappa shape index (κ3) is 4.68. The van der Waals surface area contributed by atoms with Crippen molar-refractivity contribution < 1.29 is 22.7 Å². The summed E-state index contributed by atoms with van der Waals surface area (Å²) in [5.74, 6) is -0.193. The number of esters is 1. The topological polar surface area (TPSA) is 98.9 Å². The van der Waals surface area contributed by atoms with Gasteiger partial charge in [0.2, 0.25) is 10.0 Å². The number of carbonyl (C=O) groups excluding carboxylic acids is 1. The van der Waals surface area contributed by atoms with Crippen LogP contribution in [0.25, 0.3) is 0 Å². The Morgan fingerprint density at radius 3 is 2.42 bits per heavy atom. The Morgan fingerprint density at radius 1 is 1.29 bits per heavy atom. The van der Waals surface area contributed by atoms with Crippen molar-refractivity contribution in [3.8, 4) is 5.75 Å². The van der Waals surface area contributed by atoms with Gasteiger partial charge in [0, 0.05) is 19.6 Å². The number of rotatable bonds is 8. The molecular formula is C16H26N2O5S. The van der Waals surface area contributed by atoms with E-state index in [4.69, 9.17) is 10.5 Å². The van der Waals surface area contributed by atoms with E-state index in [0.29, 0.717) is 13.0 Å². The van der Waals surface area contributed by atoms with Crippen LogP contribution in [0.5, 0.6) is 5.75 Å². The van der Waals surface area contributed by atoms with Gasteiger partial charge >= 0.3 is 5.97 Å². The summed E-state index contributed by atoms with van der Waals surface area (Å²) in [6, 6.07) is 4.02. The molecule has 8 heteroatoms. The maximum absolute atomic E-state index is 12.7. The van der Waals surface area contributed by atoms with Gasteiger partial charge in [0.25, 0.3) is 0 Å². The molecule has 1 aromatic rings. The smallest absolute Gasteiger partial charge is 0.337 e. The van der Waals surface area contributed by atoms with Crippen LogP contribution in [0.3, 0.4) is 0 Å². The number of carbonyl (C=O) groups is 1. The minimum atomic E-state index is -3.75. The van der Waals surface area contributed by atoms with E-state index in [0.717, 1.165) is 0 Å². The molecule has 0 aromatic heterocycles. The highest BCUT2D eigenvalue weighted by molar-refractivity contribution is 7.89. The van der Waals surface area contributed by atoms with Crippen LogP contribution in [-0.2, 0) is 14.8 Å². The van der Waals surface area contributed by atoms with E-state index in [1.54, 1.807) is 0 Å². The lowest BCUT2D eigenvalue weighted by Crippen LogP contribution is -2.34. The number of benzene rings is 1. The molecule has 7 nitrogen and oxygen atoms in total. The fraction of sp³-hybridized carbons (Fsp3) is 0.562. The van der Waals surface area contributed by atoms with Gasteiger partial charge in [0.15, 0.2) is 0 Å². The predicted molar refractivity (Wildman–Crippen MR) is 91.6 cm³/mol. The molecule has 0 bridgehead atoms. The van der Waals surface area contributed by atoms with Crippen LogP contribution in [0.4, 0.5) is 0 Å². The molecular weight excluding hydrogens is 332 g/mol. The summed E-state index contributed by atoms with van der Waals surface area (Å²) in [5.41, 5.74) is 6.19. The average Bonchev–Trinajstić information content (AvgIpc) is 2.57. The van der Waals surface area contributed by atoms with Crippen LogP contribution in [-0.4, -0.2) is 52.5 Å². The third-order valence-electron chi connectivity index (χ3n) is 3.91. The number of nitrogens with two attached hydrogens (primary N) is 1. The summed E-state index contributed by atoms with van der Waals surface area (Å²) >= 11 is 0. The zero-order chi connectivity index (χ0) is 18.5. The van der Waals surface area contributed by atoms with Crippen molar-refractivity contribution >= 4 is 16.0 Å². The maximum atomic E-state index is 12.7. The number of hydrogen-bond acceptors (Lipinski definition) is 6. The van der Waals surface area contributed by atoms with Crippen molar-refractivity contribution in [3.63, 3.8) is 0 Å². The Balaban J connectivity index is 3.07. The first-order valence-electron chi connectivity index (χ1n) is 7.63. The van der Waals surface area contributed by atoms with Crippen molar-refractivity contribution in [3.05, 3.63) is 23.8 Å². The molecule has 1 unspecified atom stereocenters. The van der Waals surface area contributed by atoms with Gasteiger partial charge in [-0.15, -0.1) is 0 Å².